The second-order valence-corrected chi connectivity index (χ2v) is 4.47. The zero-order valence-corrected chi connectivity index (χ0v) is 11.3. The first-order valence-corrected chi connectivity index (χ1v) is 6.31. The predicted octanol–water partition coefficient (Wildman–Crippen LogP) is 3.29. The van der Waals surface area contributed by atoms with Crippen molar-refractivity contribution in [1.82, 2.24) is 0 Å². The van der Waals surface area contributed by atoms with E-state index in [1.807, 2.05) is 55.5 Å². The van der Waals surface area contributed by atoms with Gasteiger partial charge in [-0.25, -0.2) is 0 Å². The summed E-state index contributed by atoms with van der Waals surface area (Å²) in [5.74, 6) is 1.55. The van der Waals surface area contributed by atoms with Gasteiger partial charge in [-0.3, -0.25) is 0 Å². The lowest BCUT2D eigenvalue weighted by atomic mass is 10.1. The van der Waals surface area contributed by atoms with Crippen molar-refractivity contribution in [2.24, 2.45) is 5.73 Å². The van der Waals surface area contributed by atoms with Crippen LogP contribution in [0.2, 0.25) is 0 Å². The zero-order chi connectivity index (χ0) is 13.7. The molecule has 0 fully saturated rings. The third kappa shape index (κ3) is 3.48. The average Bonchev–Trinajstić information content (AvgIpc) is 2.45. The predicted molar refractivity (Wildman–Crippen MR) is 76.4 cm³/mol. The zero-order valence-electron chi connectivity index (χ0n) is 11.3. The van der Waals surface area contributed by atoms with E-state index in [-0.39, 0.29) is 6.04 Å². The van der Waals surface area contributed by atoms with Crippen LogP contribution in [0, 0.1) is 0 Å². The Morgan fingerprint density at radius 1 is 1.11 bits per heavy atom. The van der Waals surface area contributed by atoms with Gasteiger partial charge in [-0.05, 0) is 18.6 Å². The third-order valence-corrected chi connectivity index (χ3v) is 2.95. The standard InChI is InChI=1S/C16H19NO2/c1-12(17)15-9-8-14(18-2)10-16(15)19-11-13-6-4-3-5-7-13/h3-10,12H,11,17H2,1-2H3/t12-/m1/s1. The van der Waals surface area contributed by atoms with Gasteiger partial charge in [0.2, 0.25) is 0 Å². The molecule has 3 heteroatoms. The van der Waals surface area contributed by atoms with Crippen LogP contribution >= 0.6 is 0 Å². The van der Waals surface area contributed by atoms with Crippen molar-refractivity contribution in [3.8, 4) is 11.5 Å². The summed E-state index contributed by atoms with van der Waals surface area (Å²) >= 11 is 0. The largest absolute Gasteiger partial charge is 0.497 e. The Bertz CT molecular complexity index is 524. The molecule has 0 amide bonds. The van der Waals surface area contributed by atoms with Crippen molar-refractivity contribution in [2.45, 2.75) is 19.6 Å². The molecule has 0 bridgehead atoms. The summed E-state index contributed by atoms with van der Waals surface area (Å²) < 4.78 is 11.1. The summed E-state index contributed by atoms with van der Waals surface area (Å²) in [4.78, 5) is 0. The van der Waals surface area contributed by atoms with E-state index >= 15 is 0 Å². The Labute approximate surface area is 114 Å². The van der Waals surface area contributed by atoms with E-state index in [0.717, 1.165) is 22.6 Å². The minimum Gasteiger partial charge on any atom is -0.497 e. The summed E-state index contributed by atoms with van der Waals surface area (Å²) in [5, 5.41) is 0. The highest BCUT2D eigenvalue weighted by molar-refractivity contribution is 5.42. The topological polar surface area (TPSA) is 44.5 Å². The quantitative estimate of drug-likeness (QED) is 0.893. The van der Waals surface area contributed by atoms with Crippen LogP contribution in [0.4, 0.5) is 0 Å². The molecular weight excluding hydrogens is 238 g/mol. The SMILES string of the molecule is COc1ccc([C@@H](C)N)c(OCc2ccccc2)c1. The molecule has 0 saturated heterocycles. The summed E-state index contributed by atoms with van der Waals surface area (Å²) in [6, 6.07) is 15.7. The van der Waals surface area contributed by atoms with Gasteiger partial charge in [-0.1, -0.05) is 36.4 Å². The summed E-state index contributed by atoms with van der Waals surface area (Å²) in [6.45, 7) is 2.46. The molecule has 0 saturated carbocycles. The molecule has 2 aromatic rings. The van der Waals surface area contributed by atoms with Crippen LogP contribution in [0.1, 0.15) is 24.1 Å². The molecule has 19 heavy (non-hydrogen) atoms. The van der Waals surface area contributed by atoms with E-state index in [2.05, 4.69) is 0 Å². The fraction of sp³-hybridized carbons (Fsp3) is 0.250. The van der Waals surface area contributed by atoms with Crippen molar-refractivity contribution < 1.29 is 9.47 Å². The number of nitrogens with two attached hydrogens (primary N) is 1. The lowest BCUT2D eigenvalue weighted by Gasteiger charge is -2.15. The fourth-order valence-corrected chi connectivity index (χ4v) is 1.88. The van der Waals surface area contributed by atoms with Gasteiger partial charge in [0.05, 0.1) is 7.11 Å². The van der Waals surface area contributed by atoms with Gasteiger partial charge in [-0.15, -0.1) is 0 Å². The molecule has 2 N–H and O–H groups in total. The molecule has 0 unspecified atom stereocenters. The van der Waals surface area contributed by atoms with E-state index in [1.54, 1.807) is 7.11 Å². The number of hydrogen-bond donors (Lipinski definition) is 1. The van der Waals surface area contributed by atoms with Crippen molar-refractivity contribution >= 4 is 0 Å². The molecule has 3 nitrogen and oxygen atoms in total. The van der Waals surface area contributed by atoms with Gasteiger partial charge >= 0.3 is 0 Å². The number of ether oxygens (including phenoxy) is 2. The number of hydrogen-bond acceptors (Lipinski definition) is 3. The molecule has 2 rings (SSSR count). The Hall–Kier alpha value is -2.00. The highest BCUT2D eigenvalue weighted by Gasteiger charge is 2.09. The van der Waals surface area contributed by atoms with Gasteiger partial charge in [-0.2, -0.15) is 0 Å². The van der Waals surface area contributed by atoms with Crippen molar-refractivity contribution in [3.05, 3.63) is 59.7 Å². The van der Waals surface area contributed by atoms with E-state index < -0.39 is 0 Å². The number of rotatable bonds is 5. The third-order valence-electron chi connectivity index (χ3n) is 2.95. The molecule has 2 aromatic carbocycles. The van der Waals surface area contributed by atoms with Crippen molar-refractivity contribution in [2.75, 3.05) is 7.11 Å². The summed E-state index contributed by atoms with van der Waals surface area (Å²) in [5.41, 5.74) is 8.06. The summed E-state index contributed by atoms with van der Waals surface area (Å²) in [7, 11) is 1.64. The molecule has 0 aliphatic rings. The maximum absolute atomic E-state index is 5.95. The first-order valence-electron chi connectivity index (χ1n) is 6.31. The van der Waals surface area contributed by atoms with Crippen LogP contribution in [0.25, 0.3) is 0 Å². The fourth-order valence-electron chi connectivity index (χ4n) is 1.88. The lowest BCUT2D eigenvalue weighted by molar-refractivity contribution is 0.299. The van der Waals surface area contributed by atoms with Gasteiger partial charge in [0.15, 0.2) is 0 Å². The Balaban J connectivity index is 2.18. The maximum atomic E-state index is 5.95. The van der Waals surface area contributed by atoms with Gasteiger partial charge in [0.1, 0.15) is 18.1 Å². The van der Waals surface area contributed by atoms with Gasteiger partial charge in [0, 0.05) is 17.7 Å². The first kappa shape index (κ1) is 13.4. The smallest absolute Gasteiger partial charge is 0.128 e. The molecule has 0 radical (unpaired) electrons. The lowest BCUT2D eigenvalue weighted by Crippen LogP contribution is -2.08. The molecule has 1 atom stereocenters. The Morgan fingerprint density at radius 2 is 1.84 bits per heavy atom. The second kappa shape index (κ2) is 6.25. The van der Waals surface area contributed by atoms with Gasteiger partial charge in [0.25, 0.3) is 0 Å². The highest BCUT2D eigenvalue weighted by atomic mass is 16.5. The Morgan fingerprint density at radius 3 is 2.47 bits per heavy atom. The monoisotopic (exact) mass is 257 g/mol. The first-order chi connectivity index (χ1) is 9.20. The maximum Gasteiger partial charge on any atom is 0.128 e. The average molecular weight is 257 g/mol. The van der Waals surface area contributed by atoms with Crippen LogP contribution in [-0.4, -0.2) is 7.11 Å². The van der Waals surface area contributed by atoms with Crippen molar-refractivity contribution in [3.63, 3.8) is 0 Å². The molecule has 0 aliphatic carbocycles. The van der Waals surface area contributed by atoms with Crippen LogP contribution in [0.15, 0.2) is 48.5 Å². The molecule has 100 valence electrons. The van der Waals surface area contributed by atoms with Crippen LogP contribution in [0.5, 0.6) is 11.5 Å². The van der Waals surface area contributed by atoms with E-state index in [0.29, 0.717) is 6.61 Å². The highest BCUT2D eigenvalue weighted by Crippen LogP contribution is 2.29. The van der Waals surface area contributed by atoms with E-state index in [4.69, 9.17) is 15.2 Å². The number of benzene rings is 2. The molecule has 0 aliphatic heterocycles. The van der Waals surface area contributed by atoms with E-state index in [9.17, 15) is 0 Å². The molecule has 0 spiro atoms. The Kier molecular flexibility index (Phi) is 4.42. The minimum absolute atomic E-state index is 0.0725. The molecule has 0 heterocycles. The van der Waals surface area contributed by atoms with Gasteiger partial charge < -0.3 is 15.2 Å². The minimum atomic E-state index is -0.0725. The number of methoxy groups -OCH3 is 1. The van der Waals surface area contributed by atoms with Crippen LogP contribution < -0.4 is 15.2 Å². The van der Waals surface area contributed by atoms with E-state index in [1.165, 1.54) is 0 Å². The van der Waals surface area contributed by atoms with Crippen LogP contribution in [0.3, 0.4) is 0 Å². The van der Waals surface area contributed by atoms with Crippen molar-refractivity contribution in [1.29, 1.82) is 0 Å². The van der Waals surface area contributed by atoms with Crippen LogP contribution in [-0.2, 0) is 6.61 Å². The molecular formula is C16H19NO2. The normalized spacial score (nSPS) is 11.9. The summed E-state index contributed by atoms with van der Waals surface area (Å²) in [6.07, 6.45) is 0. The second-order valence-electron chi connectivity index (χ2n) is 4.47. The molecule has 0 aromatic heterocycles.